The highest BCUT2D eigenvalue weighted by atomic mass is 32.2. The first-order valence-electron chi connectivity index (χ1n) is 20.4. The van der Waals surface area contributed by atoms with E-state index in [1.54, 1.807) is 55.3 Å². The van der Waals surface area contributed by atoms with Crippen molar-refractivity contribution >= 4 is 83.7 Å². The van der Waals surface area contributed by atoms with Gasteiger partial charge in [0.05, 0.1) is 48.4 Å². The lowest BCUT2D eigenvalue weighted by Gasteiger charge is -2.33. The molecule has 0 unspecified atom stereocenters. The van der Waals surface area contributed by atoms with E-state index in [1.807, 2.05) is 43.9 Å². The maximum atomic E-state index is 12.6. The molecule has 0 aliphatic carbocycles. The maximum absolute atomic E-state index is 12.6. The number of thiazole rings is 2. The summed E-state index contributed by atoms with van der Waals surface area (Å²) in [5.41, 5.74) is 1.10. The molecule has 0 saturated carbocycles. The molecule has 2 aromatic heterocycles. The molecule has 0 spiro atoms. The first-order valence-corrected chi connectivity index (χ1v) is 23.6. The number of allylic oxidation sites excluding steroid dienone is 2. The van der Waals surface area contributed by atoms with E-state index in [-0.39, 0.29) is 58.2 Å². The van der Waals surface area contributed by atoms with E-state index < -0.39 is 38.8 Å². The van der Waals surface area contributed by atoms with Crippen molar-refractivity contribution in [3.8, 4) is 0 Å². The number of nitrogens with zero attached hydrogens (tertiary/aromatic N) is 4. The minimum absolute atomic E-state index is 0. The summed E-state index contributed by atoms with van der Waals surface area (Å²) in [5.74, 6) is -0.340. The van der Waals surface area contributed by atoms with Crippen LogP contribution < -0.4 is 5.46 Å². The molecule has 13 nitrogen and oxygen atoms in total. The predicted molar refractivity (Wildman–Crippen MR) is 254 cm³/mol. The lowest BCUT2D eigenvalue weighted by atomic mass is 9.79. The highest BCUT2D eigenvalue weighted by molar-refractivity contribution is 7.87. The number of hydrogen-bond acceptors (Lipinski definition) is 13. The number of ether oxygens (including phenoxy) is 2. The van der Waals surface area contributed by atoms with Gasteiger partial charge in [0.15, 0.2) is 0 Å². The van der Waals surface area contributed by atoms with Crippen molar-refractivity contribution < 1.29 is 54.1 Å². The average Bonchev–Trinajstić information content (AvgIpc) is 3.87. The van der Waals surface area contributed by atoms with E-state index in [9.17, 15) is 31.2 Å². The minimum atomic E-state index is -5.84. The topological polar surface area (TPSA) is 147 Å². The molecule has 0 bridgehead atoms. The molecule has 3 aliphatic heterocycles. The van der Waals surface area contributed by atoms with Crippen molar-refractivity contribution in [1.29, 1.82) is 0 Å². The van der Waals surface area contributed by atoms with Gasteiger partial charge in [-0.15, -0.1) is 22.7 Å². The van der Waals surface area contributed by atoms with Crippen LogP contribution in [-0.4, -0.2) is 88.5 Å². The fraction of sp³-hybridized carbons (Fsp3) is 0.556. The van der Waals surface area contributed by atoms with Crippen LogP contribution in [0.5, 0.6) is 0 Å². The summed E-state index contributed by atoms with van der Waals surface area (Å²) in [6.07, 6.45) is 3.25. The van der Waals surface area contributed by atoms with Gasteiger partial charge in [0.1, 0.15) is 11.2 Å². The van der Waals surface area contributed by atoms with Crippen molar-refractivity contribution in [3.63, 3.8) is 0 Å². The Hall–Kier alpha value is -4.24. The van der Waals surface area contributed by atoms with E-state index in [1.165, 1.54) is 4.70 Å². The first-order chi connectivity index (χ1) is 29.0. The molecule has 5 heterocycles. The van der Waals surface area contributed by atoms with E-state index in [0.717, 1.165) is 49.9 Å². The van der Waals surface area contributed by atoms with Gasteiger partial charge in [-0.3, -0.25) is 4.90 Å². The maximum Gasteiger partial charge on any atom is 0.534 e. The zero-order chi connectivity index (χ0) is 46.9. The summed E-state index contributed by atoms with van der Waals surface area (Å²) in [5, 5.41) is 0. The molecule has 65 heavy (non-hydrogen) atoms. The third kappa shape index (κ3) is 14.1. The summed E-state index contributed by atoms with van der Waals surface area (Å²) < 4.78 is 88.4. The van der Waals surface area contributed by atoms with Crippen molar-refractivity contribution in [2.75, 3.05) is 13.1 Å². The molecule has 7 rings (SSSR count). The van der Waals surface area contributed by atoms with Crippen LogP contribution in [0.4, 0.5) is 22.8 Å². The lowest BCUT2D eigenvalue weighted by Crippen LogP contribution is -2.42. The quantitative estimate of drug-likeness (QED) is 0.109. The van der Waals surface area contributed by atoms with Gasteiger partial charge in [-0.1, -0.05) is 46.9 Å². The molecular formula is C45H64BF3N4O9S3. The van der Waals surface area contributed by atoms with Crippen LogP contribution in [-0.2, 0) is 33.1 Å². The Bertz CT molecular complexity index is 2440. The van der Waals surface area contributed by atoms with Gasteiger partial charge in [-0.2, -0.15) is 21.6 Å². The largest absolute Gasteiger partial charge is 0.534 e. The van der Waals surface area contributed by atoms with Gasteiger partial charge in [0.25, 0.3) is 0 Å². The summed E-state index contributed by atoms with van der Waals surface area (Å²) in [4.78, 5) is 35.8. The fourth-order valence-corrected chi connectivity index (χ4v) is 8.09. The fourth-order valence-electron chi connectivity index (χ4n) is 6.30. The van der Waals surface area contributed by atoms with Gasteiger partial charge in [0.2, 0.25) is 5.88 Å². The van der Waals surface area contributed by atoms with E-state index in [4.69, 9.17) is 18.8 Å². The summed E-state index contributed by atoms with van der Waals surface area (Å²) in [7, 11) is -6.15. The number of fused-ring (bicyclic) bond motifs is 2. The molecule has 1 fully saturated rings. The van der Waals surface area contributed by atoms with Gasteiger partial charge in [-0.25, -0.2) is 24.5 Å². The standard InChI is InChI=1S/C18H22N2O2S.C13H16BNO2S.C12H18F3NO5S.2CH4/c1-12-5-7-15(20(10-12)17(21)22-18(2,3)4)13-6-8-16-14(9-13)19-11-23-16;1-12(2)13(3,4)17-14(16-12)9-5-6-11-10(7-9)15-8-18-11;1-8-5-6-9(21-22(18,19)12(13,14)15)16(7-8)10(17)20-11(2,3)4;;/h6-9,11-12H,5,10H2,1-4H3;5-8H,1-4H3;6,8H,5,7H2,1-4H3;2*1H4/t12-;;8-;;/m0.0../s1. The highest BCUT2D eigenvalue weighted by Crippen LogP contribution is 2.37. The average molecular weight is 969 g/mol. The van der Waals surface area contributed by atoms with Crippen molar-refractivity contribution in [2.24, 2.45) is 11.8 Å². The number of alkyl halides is 3. The molecule has 360 valence electrons. The van der Waals surface area contributed by atoms with Gasteiger partial charge in [0, 0.05) is 18.7 Å². The zero-order valence-corrected chi connectivity index (χ0v) is 40.1. The van der Waals surface area contributed by atoms with Crippen LogP contribution in [0.15, 0.2) is 65.5 Å². The van der Waals surface area contributed by atoms with Crippen molar-refractivity contribution in [2.45, 2.75) is 139 Å². The number of carbonyl (C=O) groups excluding carboxylic acids is 2. The lowest BCUT2D eigenvalue weighted by molar-refractivity contribution is -0.0546. The summed E-state index contributed by atoms with van der Waals surface area (Å²) in [6, 6.07) is 12.4. The van der Waals surface area contributed by atoms with E-state index >= 15 is 0 Å². The van der Waals surface area contributed by atoms with Crippen LogP contribution in [0.1, 0.15) is 116 Å². The summed E-state index contributed by atoms with van der Waals surface area (Å²) in [6.45, 7) is 23.2. The van der Waals surface area contributed by atoms with Crippen LogP contribution in [0.25, 0.3) is 26.1 Å². The Labute approximate surface area is 390 Å². The third-order valence-electron chi connectivity index (χ3n) is 10.2. The Balaban J connectivity index is 0.000000257. The number of hydrogen-bond donors (Lipinski definition) is 0. The number of rotatable bonds is 4. The van der Waals surface area contributed by atoms with Gasteiger partial charge < -0.3 is 23.0 Å². The number of carbonyl (C=O) groups is 2. The Morgan fingerprint density at radius 3 is 1.72 bits per heavy atom. The van der Waals surface area contributed by atoms with Crippen LogP contribution in [0, 0.1) is 11.8 Å². The Morgan fingerprint density at radius 1 is 0.754 bits per heavy atom. The summed E-state index contributed by atoms with van der Waals surface area (Å²) >= 11 is 3.27. The second kappa shape index (κ2) is 20.7. The molecule has 2 aromatic carbocycles. The molecule has 2 amide bonds. The molecule has 3 aliphatic rings. The SMILES string of the molecule is C.C.CC1(C)OB(c2ccc3scnc3c2)OC1(C)C.C[C@H]1CC=C(OS(=O)(=O)C(F)(F)F)N(C(=O)OC(C)(C)C)C1.C[C@H]1CC=C(c2ccc3scnc3c2)N(C(=O)OC(C)(C)C)C1. The molecule has 0 N–H and O–H groups in total. The number of benzene rings is 2. The number of amides is 2. The molecular weight excluding hydrogens is 905 g/mol. The number of aromatic nitrogens is 2. The molecule has 1 saturated heterocycles. The van der Waals surface area contributed by atoms with Crippen molar-refractivity contribution in [3.05, 3.63) is 71.0 Å². The number of halogens is 3. The van der Waals surface area contributed by atoms with E-state index in [0.29, 0.717) is 12.5 Å². The highest BCUT2D eigenvalue weighted by Gasteiger charge is 2.52. The second-order valence-electron chi connectivity index (χ2n) is 18.7. The molecule has 2 atom stereocenters. The predicted octanol–water partition coefficient (Wildman–Crippen LogP) is 11.8. The van der Waals surface area contributed by atoms with Crippen LogP contribution >= 0.6 is 22.7 Å². The minimum Gasteiger partial charge on any atom is -0.443 e. The smallest absolute Gasteiger partial charge is 0.443 e. The Morgan fingerprint density at radius 2 is 1.22 bits per heavy atom. The monoisotopic (exact) mass is 968 g/mol. The van der Waals surface area contributed by atoms with Crippen molar-refractivity contribution in [1.82, 2.24) is 19.8 Å². The first kappa shape index (κ1) is 55.1. The van der Waals surface area contributed by atoms with Gasteiger partial charge >= 0.3 is 34.9 Å². The van der Waals surface area contributed by atoms with E-state index in [2.05, 4.69) is 79.1 Å². The molecule has 4 aromatic rings. The Kier molecular flexibility index (Phi) is 17.6. The third-order valence-corrected chi connectivity index (χ3v) is 12.7. The molecule has 20 heteroatoms. The van der Waals surface area contributed by atoms with Gasteiger partial charge in [-0.05, 0) is 130 Å². The second-order valence-corrected chi connectivity index (χ2v) is 22.0. The van der Waals surface area contributed by atoms with Crippen LogP contribution in [0.3, 0.4) is 0 Å². The normalized spacial score (nSPS) is 19.6. The zero-order valence-electron chi connectivity index (χ0n) is 37.7. The van der Waals surface area contributed by atoms with Crippen LogP contribution in [0.2, 0.25) is 0 Å². The molecule has 0 radical (unpaired) electrons.